The van der Waals surface area contributed by atoms with Crippen molar-refractivity contribution in [1.82, 2.24) is 5.32 Å². The van der Waals surface area contributed by atoms with Gasteiger partial charge in [0, 0.05) is 12.6 Å². The first-order chi connectivity index (χ1) is 9.26. The van der Waals surface area contributed by atoms with Crippen LogP contribution in [0.1, 0.15) is 18.9 Å². The standard InChI is InChI=1S/C14H20F3NO2/c1-10-4-3-5-13(6-10)20-9-12(19)8-18-11(2)7-14(15,16)17/h3-6,11-12,18-19H,7-9H2,1-2H3. The predicted octanol–water partition coefficient (Wildman–Crippen LogP) is 2.67. The molecular formula is C14H20F3NO2. The van der Waals surface area contributed by atoms with Gasteiger partial charge in [-0.1, -0.05) is 12.1 Å². The Morgan fingerprint density at radius 1 is 1.35 bits per heavy atom. The summed E-state index contributed by atoms with van der Waals surface area (Å²) in [5.41, 5.74) is 1.04. The maximum Gasteiger partial charge on any atom is 0.390 e. The van der Waals surface area contributed by atoms with Gasteiger partial charge in [0.1, 0.15) is 18.5 Å². The summed E-state index contributed by atoms with van der Waals surface area (Å²) in [7, 11) is 0. The molecular weight excluding hydrogens is 271 g/mol. The Hall–Kier alpha value is -1.27. The third-order valence-corrected chi connectivity index (χ3v) is 2.67. The molecule has 114 valence electrons. The fourth-order valence-electron chi connectivity index (χ4n) is 1.71. The zero-order valence-electron chi connectivity index (χ0n) is 11.6. The summed E-state index contributed by atoms with van der Waals surface area (Å²) in [5.74, 6) is 0.632. The van der Waals surface area contributed by atoms with E-state index < -0.39 is 24.7 Å². The van der Waals surface area contributed by atoms with Crippen molar-refractivity contribution in [2.24, 2.45) is 0 Å². The highest BCUT2D eigenvalue weighted by Gasteiger charge is 2.29. The van der Waals surface area contributed by atoms with E-state index in [0.29, 0.717) is 5.75 Å². The highest BCUT2D eigenvalue weighted by atomic mass is 19.4. The molecule has 0 saturated heterocycles. The number of benzene rings is 1. The van der Waals surface area contributed by atoms with Gasteiger partial charge >= 0.3 is 6.18 Å². The number of rotatable bonds is 7. The lowest BCUT2D eigenvalue weighted by atomic mass is 10.2. The molecule has 1 rings (SSSR count). The van der Waals surface area contributed by atoms with Crippen LogP contribution in [-0.2, 0) is 0 Å². The second kappa shape index (κ2) is 7.50. The van der Waals surface area contributed by atoms with Gasteiger partial charge in [-0.05, 0) is 31.5 Å². The van der Waals surface area contributed by atoms with E-state index in [0.717, 1.165) is 5.56 Å². The monoisotopic (exact) mass is 291 g/mol. The fourth-order valence-corrected chi connectivity index (χ4v) is 1.71. The molecule has 2 unspecified atom stereocenters. The highest BCUT2D eigenvalue weighted by molar-refractivity contribution is 5.27. The molecule has 2 N–H and O–H groups in total. The Morgan fingerprint density at radius 2 is 2.05 bits per heavy atom. The molecule has 0 saturated carbocycles. The summed E-state index contributed by atoms with van der Waals surface area (Å²) < 4.78 is 41.7. The fraction of sp³-hybridized carbons (Fsp3) is 0.571. The van der Waals surface area contributed by atoms with E-state index in [2.05, 4.69) is 5.32 Å². The van der Waals surface area contributed by atoms with Gasteiger partial charge in [0.05, 0.1) is 6.42 Å². The van der Waals surface area contributed by atoms with Gasteiger partial charge in [0.2, 0.25) is 0 Å². The second-order valence-corrected chi connectivity index (χ2v) is 4.91. The number of hydrogen-bond acceptors (Lipinski definition) is 3. The topological polar surface area (TPSA) is 41.5 Å². The molecule has 0 amide bonds. The molecule has 0 aliphatic carbocycles. The molecule has 0 radical (unpaired) electrons. The first-order valence-corrected chi connectivity index (χ1v) is 6.44. The molecule has 0 aliphatic heterocycles. The van der Waals surface area contributed by atoms with E-state index in [1.54, 1.807) is 6.07 Å². The van der Waals surface area contributed by atoms with Crippen LogP contribution in [0.2, 0.25) is 0 Å². The van der Waals surface area contributed by atoms with Crippen LogP contribution in [0.3, 0.4) is 0 Å². The van der Waals surface area contributed by atoms with Gasteiger partial charge in [-0.2, -0.15) is 13.2 Å². The average molecular weight is 291 g/mol. The molecule has 6 heteroatoms. The Morgan fingerprint density at radius 3 is 2.65 bits per heavy atom. The third kappa shape index (κ3) is 7.35. The highest BCUT2D eigenvalue weighted by Crippen LogP contribution is 2.21. The zero-order valence-corrected chi connectivity index (χ0v) is 11.6. The molecule has 0 fully saturated rings. The minimum absolute atomic E-state index is 0.0369. The minimum Gasteiger partial charge on any atom is -0.491 e. The quantitative estimate of drug-likeness (QED) is 0.811. The first kappa shape index (κ1) is 16.8. The predicted molar refractivity (Wildman–Crippen MR) is 70.8 cm³/mol. The summed E-state index contributed by atoms with van der Waals surface area (Å²) >= 11 is 0. The molecule has 3 nitrogen and oxygen atoms in total. The van der Waals surface area contributed by atoms with Crippen molar-refractivity contribution in [3.05, 3.63) is 29.8 Å². The minimum atomic E-state index is -4.20. The Labute approximate surface area is 116 Å². The van der Waals surface area contributed by atoms with Crippen molar-refractivity contribution in [2.45, 2.75) is 38.6 Å². The van der Waals surface area contributed by atoms with Crippen LogP contribution in [0.4, 0.5) is 13.2 Å². The Balaban J connectivity index is 2.25. The maximum atomic E-state index is 12.1. The second-order valence-electron chi connectivity index (χ2n) is 4.91. The van der Waals surface area contributed by atoms with Crippen LogP contribution < -0.4 is 10.1 Å². The molecule has 1 aromatic carbocycles. The number of aliphatic hydroxyl groups excluding tert-OH is 1. The summed E-state index contributed by atoms with van der Waals surface area (Å²) in [6.07, 6.45) is -5.97. The van der Waals surface area contributed by atoms with Gasteiger partial charge in [-0.3, -0.25) is 0 Å². The van der Waals surface area contributed by atoms with E-state index in [1.807, 2.05) is 25.1 Å². The van der Waals surface area contributed by atoms with E-state index in [4.69, 9.17) is 4.74 Å². The van der Waals surface area contributed by atoms with Crippen molar-refractivity contribution in [3.63, 3.8) is 0 Å². The van der Waals surface area contributed by atoms with Crippen LogP contribution in [-0.4, -0.2) is 36.6 Å². The molecule has 0 heterocycles. The summed E-state index contributed by atoms with van der Waals surface area (Å²) in [6, 6.07) is 6.61. The van der Waals surface area contributed by atoms with Crippen molar-refractivity contribution in [3.8, 4) is 5.75 Å². The number of aliphatic hydroxyl groups is 1. The van der Waals surface area contributed by atoms with Crippen LogP contribution in [0.25, 0.3) is 0 Å². The molecule has 0 bridgehead atoms. The lowest BCUT2D eigenvalue weighted by Crippen LogP contribution is -2.38. The van der Waals surface area contributed by atoms with Gasteiger partial charge in [-0.15, -0.1) is 0 Å². The van der Waals surface area contributed by atoms with Crippen molar-refractivity contribution in [2.75, 3.05) is 13.2 Å². The van der Waals surface area contributed by atoms with Crippen molar-refractivity contribution in [1.29, 1.82) is 0 Å². The number of halogens is 3. The van der Waals surface area contributed by atoms with E-state index in [-0.39, 0.29) is 13.2 Å². The smallest absolute Gasteiger partial charge is 0.390 e. The van der Waals surface area contributed by atoms with Crippen molar-refractivity contribution < 1.29 is 23.0 Å². The lowest BCUT2D eigenvalue weighted by molar-refractivity contribution is -0.139. The van der Waals surface area contributed by atoms with E-state index >= 15 is 0 Å². The Bertz CT molecular complexity index is 410. The van der Waals surface area contributed by atoms with Gasteiger partial charge in [0.25, 0.3) is 0 Å². The molecule has 0 aromatic heterocycles. The summed E-state index contributed by atoms with van der Waals surface area (Å²) in [5, 5.41) is 12.3. The molecule has 20 heavy (non-hydrogen) atoms. The number of alkyl halides is 3. The molecule has 0 aliphatic rings. The SMILES string of the molecule is Cc1cccc(OCC(O)CNC(C)CC(F)(F)F)c1. The Kier molecular flexibility index (Phi) is 6.29. The number of aryl methyl sites for hydroxylation is 1. The van der Waals surface area contributed by atoms with Crippen LogP contribution in [0.5, 0.6) is 5.75 Å². The van der Waals surface area contributed by atoms with Crippen molar-refractivity contribution >= 4 is 0 Å². The molecule has 0 spiro atoms. The summed E-state index contributed by atoms with van der Waals surface area (Å²) in [6.45, 7) is 3.45. The van der Waals surface area contributed by atoms with Gasteiger partial charge < -0.3 is 15.2 Å². The molecule has 1 aromatic rings. The number of hydrogen-bond donors (Lipinski definition) is 2. The third-order valence-electron chi connectivity index (χ3n) is 2.67. The van der Waals surface area contributed by atoms with E-state index in [1.165, 1.54) is 6.92 Å². The van der Waals surface area contributed by atoms with E-state index in [9.17, 15) is 18.3 Å². The lowest BCUT2D eigenvalue weighted by Gasteiger charge is -2.18. The zero-order chi connectivity index (χ0) is 15.2. The average Bonchev–Trinajstić information content (AvgIpc) is 2.32. The first-order valence-electron chi connectivity index (χ1n) is 6.44. The summed E-state index contributed by atoms with van der Waals surface area (Å²) in [4.78, 5) is 0. The number of ether oxygens (including phenoxy) is 1. The van der Waals surface area contributed by atoms with Crippen LogP contribution in [0.15, 0.2) is 24.3 Å². The van der Waals surface area contributed by atoms with Gasteiger partial charge in [-0.25, -0.2) is 0 Å². The molecule has 2 atom stereocenters. The van der Waals surface area contributed by atoms with Crippen LogP contribution in [0, 0.1) is 6.92 Å². The van der Waals surface area contributed by atoms with Crippen LogP contribution >= 0.6 is 0 Å². The number of nitrogens with one attached hydrogen (secondary N) is 1. The normalized spacial score (nSPS) is 14.9. The largest absolute Gasteiger partial charge is 0.491 e. The van der Waals surface area contributed by atoms with Gasteiger partial charge in [0.15, 0.2) is 0 Å². The maximum absolute atomic E-state index is 12.1.